The minimum Gasteiger partial charge on any atom is -0.360 e. The van der Waals surface area contributed by atoms with Crippen LogP contribution in [0.4, 0.5) is 0 Å². The van der Waals surface area contributed by atoms with E-state index in [1.807, 2.05) is 24.3 Å². The zero-order valence-corrected chi connectivity index (χ0v) is 12.4. The molecule has 3 heterocycles. The molecular weight excluding hydrogens is 278 g/mol. The van der Waals surface area contributed by atoms with Crippen molar-refractivity contribution in [1.29, 1.82) is 0 Å². The molecule has 0 aliphatic carbocycles. The van der Waals surface area contributed by atoms with Crippen molar-refractivity contribution in [2.24, 2.45) is 0 Å². The molecule has 1 unspecified atom stereocenters. The van der Waals surface area contributed by atoms with E-state index in [0.717, 1.165) is 43.1 Å². The van der Waals surface area contributed by atoms with Crippen LogP contribution in [0.2, 0.25) is 0 Å². The van der Waals surface area contributed by atoms with Gasteiger partial charge in [0.1, 0.15) is 5.54 Å². The van der Waals surface area contributed by atoms with Gasteiger partial charge in [0, 0.05) is 30.2 Å². The maximum absolute atomic E-state index is 13.1. The maximum Gasteiger partial charge on any atom is 0.256 e. The van der Waals surface area contributed by atoms with Crippen molar-refractivity contribution in [3.8, 4) is 0 Å². The Morgan fingerprint density at radius 2 is 2.00 bits per heavy atom. The Hall–Kier alpha value is -2.30. The molecule has 5 heteroatoms. The standard InChI is InChI=1S/C17H19N3O2/c21-15(13-11-19-14-6-2-1-5-12(13)14)20-10-4-8-17(20)7-3-9-18-16(17)22/h1-2,5-6,11,19H,3-4,7-10H2,(H,18,22). The summed E-state index contributed by atoms with van der Waals surface area (Å²) in [5.74, 6) is -0.0172. The van der Waals surface area contributed by atoms with Crippen LogP contribution in [0, 0.1) is 0 Å². The lowest BCUT2D eigenvalue weighted by molar-refractivity contribution is -0.133. The van der Waals surface area contributed by atoms with Crippen LogP contribution in [0.1, 0.15) is 36.0 Å². The van der Waals surface area contributed by atoms with Gasteiger partial charge in [-0.15, -0.1) is 0 Å². The van der Waals surface area contributed by atoms with Gasteiger partial charge in [0.15, 0.2) is 0 Å². The monoisotopic (exact) mass is 297 g/mol. The third-order valence-corrected chi connectivity index (χ3v) is 5.03. The number of carbonyl (C=O) groups excluding carboxylic acids is 2. The summed E-state index contributed by atoms with van der Waals surface area (Å²) in [6, 6.07) is 7.78. The van der Waals surface area contributed by atoms with Crippen molar-refractivity contribution >= 4 is 22.7 Å². The number of nitrogens with zero attached hydrogens (tertiary/aromatic N) is 1. The average Bonchev–Trinajstić information content (AvgIpc) is 3.15. The van der Waals surface area contributed by atoms with Gasteiger partial charge < -0.3 is 15.2 Å². The molecule has 4 rings (SSSR count). The Morgan fingerprint density at radius 3 is 2.86 bits per heavy atom. The molecule has 2 N–H and O–H groups in total. The SMILES string of the molecule is O=C(c1c[nH]c2ccccc12)N1CCCC12CCCNC2=O. The molecule has 2 aromatic rings. The van der Waals surface area contributed by atoms with Gasteiger partial charge in [-0.25, -0.2) is 0 Å². The van der Waals surface area contributed by atoms with Crippen LogP contribution in [0.3, 0.4) is 0 Å². The number of aromatic amines is 1. The molecule has 0 saturated carbocycles. The van der Waals surface area contributed by atoms with Crippen LogP contribution in [-0.4, -0.2) is 40.3 Å². The summed E-state index contributed by atoms with van der Waals surface area (Å²) in [5, 5.41) is 3.86. The fourth-order valence-corrected chi connectivity index (χ4v) is 3.93. The summed E-state index contributed by atoms with van der Waals surface area (Å²) < 4.78 is 0. The number of fused-ring (bicyclic) bond motifs is 1. The van der Waals surface area contributed by atoms with Gasteiger partial charge in [-0.05, 0) is 31.7 Å². The van der Waals surface area contributed by atoms with Crippen molar-refractivity contribution in [3.63, 3.8) is 0 Å². The number of nitrogens with one attached hydrogen (secondary N) is 2. The molecule has 1 spiro atoms. The largest absolute Gasteiger partial charge is 0.360 e. The van der Waals surface area contributed by atoms with E-state index in [2.05, 4.69) is 10.3 Å². The molecule has 1 aromatic heterocycles. The topological polar surface area (TPSA) is 65.2 Å². The average molecular weight is 297 g/mol. The summed E-state index contributed by atoms with van der Waals surface area (Å²) in [6.07, 6.45) is 5.13. The first-order valence-corrected chi connectivity index (χ1v) is 7.89. The minimum atomic E-state index is -0.631. The normalized spacial score (nSPS) is 24.9. The molecule has 2 saturated heterocycles. The second-order valence-electron chi connectivity index (χ2n) is 6.20. The first kappa shape index (κ1) is 13.4. The van der Waals surface area contributed by atoms with Gasteiger partial charge in [0.25, 0.3) is 5.91 Å². The third kappa shape index (κ3) is 1.78. The number of H-pyrrole nitrogens is 1. The smallest absolute Gasteiger partial charge is 0.256 e. The van der Waals surface area contributed by atoms with Gasteiger partial charge in [-0.3, -0.25) is 9.59 Å². The third-order valence-electron chi connectivity index (χ3n) is 5.03. The molecule has 2 fully saturated rings. The van der Waals surface area contributed by atoms with E-state index < -0.39 is 5.54 Å². The number of likely N-dealkylation sites (tertiary alicyclic amines) is 1. The number of hydrogen-bond donors (Lipinski definition) is 2. The number of benzene rings is 1. The van der Waals surface area contributed by atoms with Crippen molar-refractivity contribution in [3.05, 3.63) is 36.0 Å². The highest BCUT2D eigenvalue weighted by Crippen LogP contribution is 2.37. The molecule has 1 atom stereocenters. The highest BCUT2D eigenvalue weighted by molar-refractivity contribution is 6.08. The van der Waals surface area contributed by atoms with E-state index in [-0.39, 0.29) is 11.8 Å². The zero-order chi connectivity index (χ0) is 15.2. The van der Waals surface area contributed by atoms with Crippen LogP contribution in [0.5, 0.6) is 0 Å². The van der Waals surface area contributed by atoms with E-state index in [9.17, 15) is 9.59 Å². The highest BCUT2D eigenvalue weighted by Gasteiger charge is 2.50. The minimum absolute atomic E-state index is 0.0180. The van der Waals surface area contributed by atoms with Crippen molar-refractivity contribution in [2.45, 2.75) is 31.2 Å². The first-order valence-electron chi connectivity index (χ1n) is 7.89. The molecule has 5 nitrogen and oxygen atoms in total. The molecular formula is C17H19N3O2. The second kappa shape index (κ2) is 4.87. The van der Waals surface area contributed by atoms with E-state index in [1.54, 1.807) is 11.1 Å². The maximum atomic E-state index is 13.1. The summed E-state index contributed by atoms with van der Waals surface area (Å²) in [5.41, 5.74) is 0.982. The Morgan fingerprint density at radius 1 is 1.18 bits per heavy atom. The van der Waals surface area contributed by atoms with Gasteiger partial charge in [0.05, 0.1) is 5.56 Å². The van der Waals surface area contributed by atoms with E-state index in [4.69, 9.17) is 0 Å². The molecule has 2 amide bonds. The zero-order valence-electron chi connectivity index (χ0n) is 12.4. The van der Waals surface area contributed by atoms with Crippen LogP contribution in [0.25, 0.3) is 10.9 Å². The van der Waals surface area contributed by atoms with Crippen LogP contribution in [-0.2, 0) is 4.79 Å². The first-order chi connectivity index (χ1) is 10.7. The van der Waals surface area contributed by atoms with Crippen LogP contribution in [0.15, 0.2) is 30.5 Å². The Kier molecular flexibility index (Phi) is 2.96. The summed E-state index contributed by atoms with van der Waals surface area (Å²) in [4.78, 5) is 30.5. The number of carbonyl (C=O) groups is 2. The predicted molar refractivity (Wildman–Crippen MR) is 83.5 cm³/mol. The van der Waals surface area contributed by atoms with Gasteiger partial charge in [-0.1, -0.05) is 18.2 Å². The molecule has 0 bridgehead atoms. The number of rotatable bonds is 1. The highest BCUT2D eigenvalue weighted by atomic mass is 16.2. The fourth-order valence-electron chi connectivity index (χ4n) is 3.93. The summed E-state index contributed by atoms with van der Waals surface area (Å²) >= 11 is 0. The van der Waals surface area contributed by atoms with Crippen molar-refractivity contribution < 1.29 is 9.59 Å². The van der Waals surface area contributed by atoms with Crippen LogP contribution < -0.4 is 5.32 Å². The summed E-state index contributed by atoms with van der Waals surface area (Å²) in [6.45, 7) is 1.38. The fraction of sp³-hybridized carbons (Fsp3) is 0.412. The lowest BCUT2D eigenvalue weighted by Crippen LogP contribution is -2.60. The molecule has 114 valence electrons. The van der Waals surface area contributed by atoms with Gasteiger partial charge >= 0.3 is 0 Å². The summed E-state index contributed by atoms with van der Waals surface area (Å²) in [7, 11) is 0. The van der Waals surface area contributed by atoms with Crippen LogP contribution >= 0.6 is 0 Å². The number of piperidine rings is 1. The van der Waals surface area contributed by atoms with Crippen molar-refractivity contribution in [2.75, 3.05) is 13.1 Å². The Bertz CT molecular complexity index is 751. The molecule has 2 aliphatic heterocycles. The molecule has 1 aromatic carbocycles. The quantitative estimate of drug-likeness (QED) is 0.846. The van der Waals surface area contributed by atoms with E-state index in [0.29, 0.717) is 12.1 Å². The van der Waals surface area contributed by atoms with Gasteiger partial charge in [-0.2, -0.15) is 0 Å². The number of aromatic nitrogens is 1. The number of amides is 2. The molecule has 0 radical (unpaired) electrons. The van der Waals surface area contributed by atoms with E-state index in [1.165, 1.54) is 0 Å². The lowest BCUT2D eigenvalue weighted by Gasteiger charge is -2.40. The second-order valence-corrected chi connectivity index (χ2v) is 6.20. The molecule has 2 aliphatic rings. The van der Waals surface area contributed by atoms with Gasteiger partial charge in [0.2, 0.25) is 5.91 Å². The Labute approximate surface area is 128 Å². The number of para-hydroxylation sites is 1. The van der Waals surface area contributed by atoms with Crippen molar-refractivity contribution in [1.82, 2.24) is 15.2 Å². The Balaban J connectivity index is 1.74. The van der Waals surface area contributed by atoms with E-state index >= 15 is 0 Å². The number of hydrogen-bond acceptors (Lipinski definition) is 2. The predicted octanol–water partition coefficient (Wildman–Crippen LogP) is 2.05. The molecule has 22 heavy (non-hydrogen) atoms. The lowest BCUT2D eigenvalue weighted by atomic mass is 9.86.